The predicted molar refractivity (Wildman–Crippen MR) is 151 cm³/mol. The highest BCUT2D eigenvalue weighted by molar-refractivity contribution is 6.09. The number of carbonyl (C=O) groups is 1. The Bertz CT molecular complexity index is 1850. The van der Waals surface area contributed by atoms with Gasteiger partial charge in [-0.3, -0.25) is 0 Å². The van der Waals surface area contributed by atoms with Gasteiger partial charge in [0.2, 0.25) is 0 Å². The van der Waals surface area contributed by atoms with E-state index in [1.54, 1.807) is 0 Å². The summed E-state index contributed by atoms with van der Waals surface area (Å²) in [5, 5.41) is 23.6. The second-order valence-electron chi connectivity index (χ2n) is 10.6. The normalized spacial score (nSPS) is 12.1. The maximum atomic E-state index is 12.6. The third-order valence-electron chi connectivity index (χ3n) is 7.14. The number of imidazole rings is 1. The molecule has 6 aromatic rings. The minimum absolute atomic E-state index is 0.258. The van der Waals surface area contributed by atoms with Crippen LogP contribution in [0.1, 0.15) is 41.0 Å². The molecule has 0 spiro atoms. The second-order valence-corrected chi connectivity index (χ2v) is 10.6. The smallest absolute Gasteiger partial charge is 0.337 e. The monoisotopic (exact) mass is 503 g/mol. The molecule has 0 fully saturated rings. The molecule has 3 aromatic heterocycles. The lowest BCUT2D eigenvalue weighted by Gasteiger charge is -2.18. The highest BCUT2D eigenvalue weighted by atomic mass is 16.4. The van der Waals surface area contributed by atoms with Crippen LogP contribution >= 0.6 is 0 Å². The van der Waals surface area contributed by atoms with E-state index in [9.17, 15) is 15.0 Å². The van der Waals surface area contributed by atoms with Gasteiger partial charge in [-0.25, -0.2) is 9.78 Å². The number of rotatable bonds is 6. The summed E-state index contributed by atoms with van der Waals surface area (Å²) in [6.07, 6.45) is 4.64. The van der Waals surface area contributed by atoms with E-state index in [-0.39, 0.29) is 5.56 Å². The van der Waals surface area contributed by atoms with Gasteiger partial charge < -0.3 is 19.2 Å². The molecular formula is C32H29N3O3. The number of carboxylic acids is 1. The quantitative estimate of drug-likeness (QED) is 0.273. The lowest BCUT2D eigenvalue weighted by Crippen LogP contribution is -2.25. The zero-order chi connectivity index (χ0) is 26.6. The number of aryl methyl sites for hydroxylation is 1. The molecule has 3 aromatic carbocycles. The Hall–Kier alpha value is -4.42. The number of carboxylic acid groups (broad SMARTS) is 1. The number of pyridine rings is 1. The topological polar surface area (TPSA) is 79.8 Å². The number of benzene rings is 3. The van der Waals surface area contributed by atoms with Crippen LogP contribution in [-0.4, -0.2) is 35.7 Å². The average molecular weight is 504 g/mol. The van der Waals surface area contributed by atoms with Gasteiger partial charge in [-0.1, -0.05) is 54.6 Å². The standard InChI is InChI=1S/C32H29N3O3/c1-20-9-8-12-25-28(20)22(18-34(25)19-32(2,3)38)17-26-30(33-27-13-6-7-16-35(26)27)24-15-14-21-10-4-5-11-23(21)29(24)31(36)37/h4-16,18,38H,17,19H2,1-3H3,(H,36,37). The van der Waals surface area contributed by atoms with Crippen molar-refractivity contribution in [1.82, 2.24) is 14.0 Å². The first-order valence-corrected chi connectivity index (χ1v) is 12.7. The summed E-state index contributed by atoms with van der Waals surface area (Å²) in [7, 11) is 0. The lowest BCUT2D eigenvalue weighted by molar-refractivity contribution is 0.0627. The zero-order valence-electron chi connectivity index (χ0n) is 21.6. The Morgan fingerprint density at radius 2 is 1.76 bits per heavy atom. The Labute approximate surface area is 220 Å². The number of hydrogen-bond donors (Lipinski definition) is 2. The molecule has 190 valence electrons. The number of nitrogens with zero attached hydrogens (tertiary/aromatic N) is 3. The van der Waals surface area contributed by atoms with Crippen molar-refractivity contribution in [2.24, 2.45) is 0 Å². The molecule has 0 amide bonds. The molecule has 38 heavy (non-hydrogen) atoms. The number of aliphatic hydroxyl groups is 1. The molecule has 0 aliphatic heterocycles. The van der Waals surface area contributed by atoms with Crippen LogP contribution in [0.3, 0.4) is 0 Å². The third kappa shape index (κ3) is 4.03. The fraction of sp³-hybridized carbons (Fsp3) is 0.188. The summed E-state index contributed by atoms with van der Waals surface area (Å²) in [4.78, 5) is 17.5. The summed E-state index contributed by atoms with van der Waals surface area (Å²) in [6, 6.07) is 23.5. The minimum atomic E-state index is -0.975. The summed E-state index contributed by atoms with van der Waals surface area (Å²) >= 11 is 0. The van der Waals surface area contributed by atoms with Gasteiger partial charge in [0.05, 0.1) is 29.1 Å². The van der Waals surface area contributed by atoms with E-state index in [1.807, 2.05) is 85.1 Å². The number of hydrogen-bond acceptors (Lipinski definition) is 3. The van der Waals surface area contributed by atoms with Crippen molar-refractivity contribution in [3.05, 3.63) is 108 Å². The van der Waals surface area contributed by atoms with E-state index in [0.717, 1.165) is 38.8 Å². The van der Waals surface area contributed by atoms with Gasteiger partial charge in [0.25, 0.3) is 0 Å². The van der Waals surface area contributed by atoms with Gasteiger partial charge in [-0.15, -0.1) is 0 Å². The Balaban J connectivity index is 1.60. The van der Waals surface area contributed by atoms with Crippen LogP contribution in [0.25, 0.3) is 38.6 Å². The molecular weight excluding hydrogens is 474 g/mol. The zero-order valence-corrected chi connectivity index (χ0v) is 21.6. The van der Waals surface area contributed by atoms with Crippen LogP contribution in [0, 0.1) is 6.92 Å². The van der Waals surface area contributed by atoms with Crippen molar-refractivity contribution in [3.63, 3.8) is 0 Å². The third-order valence-corrected chi connectivity index (χ3v) is 7.14. The molecule has 0 aliphatic carbocycles. The second kappa shape index (κ2) is 8.85. The summed E-state index contributed by atoms with van der Waals surface area (Å²) < 4.78 is 4.16. The van der Waals surface area contributed by atoms with Crippen LogP contribution < -0.4 is 0 Å². The Kier molecular flexibility index (Phi) is 5.58. The molecule has 0 unspecified atom stereocenters. The first kappa shape index (κ1) is 23.9. The molecule has 3 heterocycles. The van der Waals surface area contributed by atoms with Gasteiger partial charge in [0.15, 0.2) is 0 Å². The summed E-state index contributed by atoms with van der Waals surface area (Å²) in [5.74, 6) is -0.975. The van der Waals surface area contributed by atoms with E-state index < -0.39 is 11.6 Å². The van der Waals surface area contributed by atoms with E-state index in [0.29, 0.717) is 29.6 Å². The minimum Gasteiger partial charge on any atom is -0.478 e. The van der Waals surface area contributed by atoms with E-state index in [2.05, 4.69) is 29.8 Å². The van der Waals surface area contributed by atoms with Crippen molar-refractivity contribution in [1.29, 1.82) is 0 Å². The van der Waals surface area contributed by atoms with E-state index in [4.69, 9.17) is 4.98 Å². The van der Waals surface area contributed by atoms with Crippen LogP contribution in [0.15, 0.2) is 85.2 Å². The number of aromatic nitrogens is 3. The summed E-state index contributed by atoms with van der Waals surface area (Å²) in [6.45, 7) is 6.18. The maximum Gasteiger partial charge on any atom is 0.337 e. The van der Waals surface area contributed by atoms with Crippen LogP contribution in [-0.2, 0) is 13.0 Å². The Morgan fingerprint density at radius 3 is 2.55 bits per heavy atom. The van der Waals surface area contributed by atoms with Gasteiger partial charge in [0, 0.05) is 35.3 Å². The van der Waals surface area contributed by atoms with Crippen molar-refractivity contribution in [2.75, 3.05) is 0 Å². The van der Waals surface area contributed by atoms with Crippen molar-refractivity contribution in [3.8, 4) is 11.3 Å². The number of fused-ring (bicyclic) bond motifs is 3. The molecule has 6 rings (SSSR count). The molecule has 6 nitrogen and oxygen atoms in total. The summed E-state index contributed by atoms with van der Waals surface area (Å²) in [5.41, 5.74) is 5.66. The fourth-order valence-corrected chi connectivity index (χ4v) is 5.62. The highest BCUT2D eigenvalue weighted by Crippen LogP contribution is 2.35. The first-order chi connectivity index (χ1) is 18.2. The van der Waals surface area contributed by atoms with Crippen LogP contribution in [0.2, 0.25) is 0 Å². The van der Waals surface area contributed by atoms with Gasteiger partial charge in [0.1, 0.15) is 5.65 Å². The highest BCUT2D eigenvalue weighted by Gasteiger charge is 2.24. The SMILES string of the molecule is Cc1cccc2c1c(Cc1c(-c3ccc4ccccc4c3C(=O)O)nc3ccccn13)cn2CC(C)(C)O. The molecule has 0 aliphatic rings. The number of aromatic carboxylic acids is 1. The molecule has 2 N–H and O–H groups in total. The van der Waals surface area contributed by atoms with Crippen LogP contribution in [0.5, 0.6) is 0 Å². The first-order valence-electron chi connectivity index (χ1n) is 12.7. The van der Waals surface area contributed by atoms with E-state index in [1.165, 1.54) is 0 Å². The fourth-order valence-electron chi connectivity index (χ4n) is 5.62. The molecule has 0 radical (unpaired) electrons. The molecule has 0 saturated heterocycles. The lowest BCUT2D eigenvalue weighted by atomic mass is 9.94. The predicted octanol–water partition coefficient (Wildman–Crippen LogP) is 6.48. The largest absolute Gasteiger partial charge is 0.478 e. The van der Waals surface area contributed by atoms with Crippen LogP contribution in [0.4, 0.5) is 0 Å². The Morgan fingerprint density at radius 1 is 0.974 bits per heavy atom. The van der Waals surface area contributed by atoms with E-state index >= 15 is 0 Å². The maximum absolute atomic E-state index is 12.6. The molecule has 0 atom stereocenters. The molecule has 6 heteroatoms. The van der Waals surface area contributed by atoms with Gasteiger partial charge in [-0.05, 0) is 60.9 Å². The van der Waals surface area contributed by atoms with Crippen molar-refractivity contribution in [2.45, 2.75) is 39.3 Å². The van der Waals surface area contributed by atoms with Crippen molar-refractivity contribution < 1.29 is 15.0 Å². The van der Waals surface area contributed by atoms with Crippen molar-refractivity contribution >= 4 is 33.3 Å². The average Bonchev–Trinajstić information content (AvgIpc) is 3.41. The molecule has 0 saturated carbocycles. The molecule has 0 bridgehead atoms. The van der Waals surface area contributed by atoms with Gasteiger partial charge in [-0.2, -0.15) is 0 Å². The van der Waals surface area contributed by atoms with Gasteiger partial charge >= 0.3 is 5.97 Å².